The van der Waals surface area contributed by atoms with Crippen LogP contribution in [-0.4, -0.2) is 10.9 Å². The molecule has 0 atom stereocenters. The van der Waals surface area contributed by atoms with Crippen LogP contribution in [0, 0.1) is 28.6 Å². The third-order valence-electron chi connectivity index (χ3n) is 0.780. The van der Waals surface area contributed by atoms with Crippen LogP contribution in [0.3, 0.4) is 0 Å². The third kappa shape index (κ3) is 2.52. The standard InChI is InChI=1S/C6H6N2OS/c1-2-10-6(9)5(3-7)4-8/h5H,2H2,1H3. The minimum absolute atomic E-state index is 0.354. The Hall–Kier alpha value is -1.00. The lowest BCUT2D eigenvalue weighted by atomic mass is 10.2. The lowest BCUT2D eigenvalue weighted by Crippen LogP contribution is -2.05. The quantitative estimate of drug-likeness (QED) is 0.593. The predicted molar refractivity (Wildman–Crippen MR) is 37.9 cm³/mol. The van der Waals surface area contributed by atoms with E-state index in [9.17, 15) is 4.79 Å². The highest BCUT2D eigenvalue weighted by atomic mass is 32.2. The highest BCUT2D eigenvalue weighted by Gasteiger charge is 2.15. The summed E-state index contributed by atoms with van der Waals surface area (Å²) in [5.74, 6) is -0.483. The van der Waals surface area contributed by atoms with Gasteiger partial charge in [0.2, 0.25) is 11.0 Å². The minimum atomic E-state index is -1.09. The van der Waals surface area contributed by atoms with E-state index in [1.165, 1.54) is 0 Å². The molecule has 0 aliphatic heterocycles. The van der Waals surface area contributed by atoms with Crippen molar-refractivity contribution in [1.29, 1.82) is 10.5 Å². The average Bonchev–Trinajstić information content (AvgIpc) is 1.91. The topological polar surface area (TPSA) is 64.7 Å². The number of carbonyl (C=O) groups excluding carboxylic acids is 1. The molecule has 0 fully saturated rings. The van der Waals surface area contributed by atoms with Gasteiger partial charge >= 0.3 is 0 Å². The van der Waals surface area contributed by atoms with Crippen molar-refractivity contribution in [2.24, 2.45) is 5.92 Å². The van der Waals surface area contributed by atoms with Crippen LogP contribution in [0.25, 0.3) is 0 Å². The molecule has 0 aromatic heterocycles. The number of nitriles is 2. The predicted octanol–water partition coefficient (Wildman–Crippen LogP) is 0.929. The number of hydrogen-bond acceptors (Lipinski definition) is 4. The second-order valence-electron chi connectivity index (χ2n) is 1.44. The van der Waals surface area contributed by atoms with Gasteiger partial charge in [-0.15, -0.1) is 0 Å². The Balaban J connectivity index is 3.96. The monoisotopic (exact) mass is 154 g/mol. The van der Waals surface area contributed by atoms with Crippen LogP contribution in [0.4, 0.5) is 0 Å². The molecule has 0 saturated carbocycles. The van der Waals surface area contributed by atoms with Gasteiger partial charge in [-0.1, -0.05) is 18.7 Å². The van der Waals surface area contributed by atoms with E-state index in [4.69, 9.17) is 10.5 Å². The van der Waals surface area contributed by atoms with Crippen LogP contribution < -0.4 is 0 Å². The Morgan fingerprint density at radius 2 is 2.10 bits per heavy atom. The summed E-state index contributed by atoms with van der Waals surface area (Å²) in [6, 6.07) is 3.21. The summed E-state index contributed by atoms with van der Waals surface area (Å²) < 4.78 is 0. The zero-order valence-corrected chi connectivity index (χ0v) is 6.31. The van der Waals surface area contributed by atoms with E-state index in [1.807, 2.05) is 0 Å². The molecular formula is C6H6N2OS. The molecule has 10 heavy (non-hydrogen) atoms. The maximum absolute atomic E-state index is 10.7. The van der Waals surface area contributed by atoms with Gasteiger partial charge in [0.25, 0.3) is 0 Å². The first-order valence-electron chi connectivity index (χ1n) is 2.72. The van der Waals surface area contributed by atoms with E-state index in [0.717, 1.165) is 11.8 Å². The molecule has 0 rings (SSSR count). The van der Waals surface area contributed by atoms with Gasteiger partial charge in [0.15, 0.2) is 0 Å². The molecule has 0 N–H and O–H groups in total. The van der Waals surface area contributed by atoms with Gasteiger partial charge in [0.1, 0.15) is 0 Å². The van der Waals surface area contributed by atoms with E-state index >= 15 is 0 Å². The Morgan fingerprint density at radius 3 is 2.40 bits per heavy atom. The number of thioether (sulfide) groups is 1. The van der Waals surface area contributed by atoms with Crippen LogP contribution in [0.1, 0.15) is 6.92 Å². The van der Waals surface area contributed by atoms with E-state index in [-0.39, 0.29) is 5.12 Å². The molecule has 0 bridgehead atoms. The van der Waals surface area contributed by atoms with Crippen LogP contribution in [0.15, 0.2) is 0 Å². The van der Waals surface area contributed by atoms with Crippen LogP contribution in [-0.2, 0) is 4.79 Å². The molecule has 0 spiro atoms. The Bertz CT molecular complexity index is 187. The first-order chi connectivity index (χ1) is 4.76. The van der Waals surface area contributed by atoms with Crippen molar-refractivity contribution in [2.45, 2.75) is 6.92 Å². The molecule has 0 aliphatic rings. The Morgan fingerprint density at radius 1 is 1.60 bits per heavy atom. The summed E-state index contributed by atoms with van der Waals surface area (Å²) in [5.41, 5.74) is 0. The molecular weight excluding hydrogens is 148 g/mol. The van der Waals surface area contributed by atoms with E-state index in [2.05, 4.69) is 0 Å². The molecule has 52 valence electrons. The van der Waals surface area contributed by atoms with E-state index in [1.54, 1.807) is 19.1 Å². The second kappa shape index (κ2) is 4.84. The normalized spacial score (nSPS) is 8.40. The van der Waals surface area contributed by atoms with Crippen molar-refractivity contribution in [2.75, 3.05) is 5.75 Å². The fourth-order valence-corrected chi connectivity index (χ4v) is 0.916. The Labute approximate surface area is 63.6 Å². The van der Waals surface area contributed by atoms with Gasteiger partial charge in [0, 0.05) is 0 Å². The van der Waals surface area contributed by atoms with Crippen molar-refractivity contribution < 1.29 is 4.79 Å². The summed E-state index contributed by atoms with van der Waals surface area (Å²) in [5, 5.41) is 16.1. The van der Waals surface area contributed by atoms with Gasteiger partial charge < -0.3 is 0 Å². The third-order valence-corrected chi connectivity index (χ3v) is 1.59. The van der Waals surface area contributed by atoms with Crippen LogP contribution in [0.2, 0.25) is 0 Å². The first-order valence-corrected chi connectivity index (χ1v) is 3.70. The molecule has 0 radical (unpaired) electrons. The lowest BCUT2D eigenvalue weighted by molar-refractivity contribution is -0.111. The molecule has 0 aromatic rings. The van der Waals surface area contributed by atoms with Crippen molar-refractivity contribution in [3.63, 3.8) is 0 Å². The number of rotatable bonds is 2. The molecule has 0 heterocycles. The summed E-state index contributed by atoms with van der Waals surface area (Å²) >= 11 is 1.00. The zero-order chi connectivity index (χ0) is 7.98. The van der Waals surface area contributed by atoms with Gasteiger partial charge in [-0.3, -0.25) is 4.79 Å². The maximum atomic E-state index is 10.7. The average molecular weight is 154 g/mol. The Kier molecular flexibility index (Phi) is 4.36. The molecule has 0 aromatic carbocycles. The summed E-state index contributed by atoms with van der Waals surface area (Å²) in [7, 11) is 0. The van der Waals surface area contributed by atoms with E-state index < -0.39 is 5.92 Å². The SMILES string of the molecule is CCSC(=O)C(C#N)C#N. The number of carbonyl (C=O) groups is 1. The number of nitrogens with zero attached hydrogens (tertiary/aromatic N) is 2. The largest absolute Gasteiger partial charge is 0.284 e. The first kappa shape index (κ1) is 9.00. The smallest absolute Gasteiger partial charge is 0.220 e. The van der Waals surface area contributed by atoms with Crippen LogP contribution >= 0.6 is 11.8 Å². The lowest BCUT2D eigenvalue weighted by Gasteiger charge is -1.93. The molecule has 3 nitrogen and oxygen atoms in total. The fourth-order valence-electron chi connectivity index (χ4n) is 0.360. The summed E-state index contributed by atoms with van der Waals surface area (Å²) in [6.07, 6.45) is 0. The number of hydrogen-bond donors (Lipinski definition) is 0. The van der Waals surface area contributed by atoms with Gasteiger partial charge in [0.05, 0.1) is 12.1 Å². The summed E-state index contributed by atoms with van der Waals surface area (Å²) in [6.45, 7) is 1.80. The van der Waals surface area contributed by atoms with Crippen molar-refractivity contribution in [3.05, 3.63) is 0 Å². The van der Waals surface area contributed by atoms with Gasteiger partial charge in [-0.25, -0.2) is 0 Å². The van der Waals surface area contributed by atoms with Gasteiger partial charge in [-0.2, -0.15) is 10.5 Å². The van der Waals surface area contributed by atoms with E-state index in [0.29, 0.717) is 5.75 Å². The highest BCUT2D eigenvalue weighted by molar-refractivity contribution is 8.13. The van der Waals surface area contributed by atoms with Gasteiger partial charge in [-0.05, 0) is 5.75 Å². The molecule has 0 amide bonds. The zero-order valence-electron chi connectivity index (χ0n) is 5.50. The minimum Gasteiger partial charge on any atom is -0.284 e. The van der Waals surface area contributed by atoms with Crippen LogP contribution in [0.5, 0.6) is 0 Å². The molecule has 4 heteroatoms. The maximum Gasteiger partial charge on any atom is 0.220 e. The summed E-state index contributed by atoms with van der Waals surface area (Å²) in [4.78, 5) is 10.7. The van der Waals surface area contributed by atoms with Crippen molar-refractivity contribution >= 4 is 16.9 Å². The van der Waals surface area contributed by atoms with Crippen molar-refractivity contribution in [3.8, 4) is 12.1 Å². The highest BCUT2D eigenvalue weighted by Crippen LogP contribution is 2.08. The molecule has 0 unspecified atom stereocenters. The molecule has 0 aliphatic carbocycles. The fraction of sp³-hybridized carbons (Fsp3) is 0.500. The van der Waals surface area contributed by atoms with Crippen molar-refractivity contribution in [1.82, 2.24) is 0 Å². The second-order valence-corrected chi connectivity index (χ2v) is 2.71. The molecule has 0 saturated heterocycles.